The van der Waals surface area contributed by atoms with Crippen molar-refractivity contribution in [1.29, 1.82) is 0 Å². The van der Waals surface area contributed by atoms with E-state index in [0.717, 1.165) is 17.2 Å². The summed E-state index contributed by atoms with van der Waals surface area (Å²) < 4.78 is 16.2. The van der Waals surface area contributed by atoms with Gasteiger partial charge in [0.2, 0.25) is 6.79 Å². The van der Waals surface area contributed by atoms with Gasteiger partial charge in [0.05, 0.1) is 0 Å². The van der Waals surface area contributed by atoms with Gasteiger partial charge in [0.25, 0.3) is 0 Å². The molecule has 0 fully saturated rings. The maximum absolute atomic E-state index is 5.69. The molecule has 0 spiro atoms. The highest BCUT2D eigenvalue weighted by atomic mass is 16.7. The minimum Gasteiger partial charge on any atom is -0.492 e. The summed E-state index contributed by atoms with van der Waals surface area (Å²) >= 11 is 0. The standard InChI is InChI=1S/C12H17NO3/c1-12(2,13-3)7-14-9-4-5-10-11(6-9)16-8-15-10/h4-6,13H,7-8H2,1-3H3. The van der Waals surface area contributed by atoms with Gasteiger partial charge in [-0.05, 0) is 33.0 Å². The van der Waals surface area contributed by atoms with Crippen LogP contribution in [-0.2, 0) is 0 Å². The topological polar surface area (TPSA) is 39.7 Å². The van der Waals surface area contributed by atoms with Gasteiger partial charge in [0.15, 0.2) is 11.5 Å². The van der Waals surface area contributed by atoms with Gasteiger partial charge in [0, 0.05) is 11.6 Å². The van der Waals surface area contributed by atoms with Crippen molar-refractivity contribution in [3.05, 3.63) is 18.2 Å². The van der Waals surface area contributed by atoms with E-state index >= 15 is 0 Å². The van der Waals surface area contributed by atoms with E-state index in [2.05, 4.69) is 19.2 Å². The molecule has 1 aliphatic heterocycles. The monoisotopic (exact) mass is 223 g/mol. The van der Waals surface area contributed by atoms with Crippen LogP contribution in [0.25, 0.3) is 0 Å². The van der Waals surface area contributed by atoms with Gasteiger partial charge >= 0.3 is 0 Å². The van der Waals surface area contributed by atoms with E-state index in [1.807, 2.05) is 25.2 Å². The van der Waals surface area contributed by atoms with Gasteiger partial charge in [-0.2, -0.15) is 0 Å². The summed E-state index contributed by atoms with van der Waals surface area (Å²) in [7, 11) is 1.92. The summed E-state index contributed by atoms with van der Waals surface area (Å²) in [5.74, 6) is 2.33. The number of likely N-dealkylation sites (N-methyl/N-ethyl adjacent to an activating group) is 1. The summed E-state index contributed by atoms with van der Waals surface area (Å²) in [4.78, 5) is 0. The molecular weight excluding hydrogens is 206 g/mol. The van der Waals surface area contributed by atoms with E-state index in [1.165, 1.54) is 0 Å². The van der Waals surface area contributed by atoms with Crippen LogP contribution in [0.4, 0.5) is 0 Å². The fourth-order valence-corrected chi connectivity index (χ4v) is 1.30. The van der Waals surface area contributed by atoms with Crippen LogP contribution < -0.4 is 19.5 Å². The quantitative estimate of drug-likeness (QED) is 0.844. The maximum atomic E-state index is 5.69. The Morgan fingerprint density at radius 3 is 2.81 bits per heavy atom. The Morgan fingerprint density at radius 2 is 2.06 bits per heavy atom. The zero-order chi connectivity index (χ0) is 11.6. The van der Waals surface area contributed by atoms with Crippen molar-refractivity contribution in [2.45, 2.75) is 19.4 Å². The third-order valence-corrected chi connectivity index (χ3v) is 2.62. The first-order valence-electron chi connectivity index (χ1n) is 5.32. The number of fused-ring (bicyclic) bond motifs is 1. The molecule has 1 aromatic rings. The van der Waals surface area contributed by atoms with Gasteiger partial charge in [-0.1, -0.05) is 0 Å². The van der Waals surface area contributed by atoms with Crippen LogP contribution in [-0.4, -0.2) is 26.0 Å². The number of hydrogen-bond donors (Lipinski definition) is 1. The van der Waals surface area contributed by atoms with Gasteiger partial charge in [0.1, 0.15) is 12.4 Å². The van der Waals surface area contributed by atoms with Crippen molar-refractivity contribution in [2.24, 2.45) is 0 Å². The zero-order valence-corrected chi connectivity index (χ0v) is 9.87. The average Bonchev–Trinajstić information content (AvgIpc) is 2.73. The van der Waals surface area contributed by atoms with E-state index in [4.69, 9.17) is 14.2 Å². The predicted octanol–water partition coefficient (Wildman–Crippen LogP) is 1.79. The minimum atomic E-state index is -0.0453. The van der Waals surface area contributed by atoms with Crippen molar-refractivity contribution in [1.82, 2.24) is 5.32 Å². The third-order valence-electron chi connectivity index (χ3n) is 2.62. The van der Waals surface area contributed by atoms with Crippen molar-refractivity contribution in [2.75, 3.05) is 20.4 Å². The van der Waals surface area contributed by atoms with Gasteiger partial charge < -0.3 is 19.5 Å². The van der Waals surface area contributed by atoms with E-state index in [1.54, 1.807) is 0 Å². The molecular formula is C12H17NO3. The number of rotatable bonds is 4. The highest BCUT2D eigenvalue weighted by molar-refractivity contribution is 5.46. The molecule has 0 atom stereocenters. The molecule has 0 aromatic heterocycles. The van der Waals surface area contributed by atoms with Crippen LogP contribution in [0.3, 0.4) is 0 Å². The summed E-state index contributed by atoms with van der Waals surface area (Å²) in [6.45, 7) is 5.06. The van der Waals surface area contributed by atoms with Gasteiger partial charge in [-0.15, -0.1) is 0 Å². The highest BCUT2D eigenvalue weighted by Crippen LogP contribution is 2.35. The Labute approximate surface area is 95.5 Å². The van der Waals surface area contributed by atoms with Crippen LogP contribution in [0.15, 0.2) is 18.2 Å². The molecule has 1 heterocycles. The predicted molar refractivity (Wildman–Crippen MR) is 61.2 cm³/mol. The van der Waals surface area contributed by atoms with Crippen molar-refractivity contribution in [3.63, 3.8) is 0 Å². The molecule has 0 saturated heterocycles. The Morgan fingerprint density at radius 1 is 1.31 bits per heavy atom. The second kappa shape index (κ2) is 4.22. The Balaban J connectivity index is 2.00. The summed E-state index contributed by atoms with van der Waals surface area (Å²) in [6.07, 6.45) is 0. The number of nitrogens with one attached hydrogen (secondary N) is 1. The normalized spacial score (nSPS) is 13.9. The molecule has 0 radical (unpaired) electrons. The fraction of sp³-hybridized carbons (Fsp3) is 0.500. The fourth-order valence-electron chi connectivity index (χ4n) is 1.30. The molecule has 4 heteroatoms. The van der Waals surface area contributed by atoms with Gasteiger partial charge in [-0.25, -0.2) is 0 Å². The highest BCUT2D eigenvalue weighted by Gasteiger charge is 2.17. The SMILES string of the molecule is CNC(C)(C)COc1ccc2c(c1)OCO2. The molecule has 0 aliphatic carbocycles. The van der Waals surface area contributed by atoms with Crippen molar-refractivity contribution in [3.8, 4) is 17.2 Å². The molecule has 0 bridgehead atoms. The lowest BCUT2D eigenvalue weighted by molar-refractivity contribution is 0.173. The van der Waals surface area contributed by atoms with E-state index < -0.39 is 0 Å². The molecule has 0 unspecified atom stereocenters. The average molecular weight is 223 g/mol. The Kier molecular flexibility index (Phi) is 2.92. The molecule has 1 aromatic carbocycles. The first kappa shape index (κ1) is 11.1. The first-order valence-corrected chi connectivity index (χ1v) is 5.32. The first-order chi connectivity index (χ1) is 7.61. The zero-order valence-electron chi connectivity index (χ0n) is 9.87. The number of benzene rings is 1. The maximum Gasteiger partial charge on any atom is 0.231 e. The molecule has 0 amide bonds. The largest absolute Gasteiger partial charge is 0.492 e. The van der Waals surface area contributed by atoms with Crippen LogP contribution >= 0.6 is 0 Å². The van der Waals surface area contributed by atoms with Crippen molar-refractivity contribution < 1.29 is 14.2 Å². The van der Waals surface area contributed by atoms with Crippen LogP contribution in [0, 0.1) is 0 Å². The van der Waals surface area contributed by atoms with Gasteiger partial charge in [-0.3, -0.25) is 0 Å². The van der Waals surface area contributed by atoms with E-state index in [0.29, 0.717) is 13.4 Å². The third kappa shape index (κ3) is 2.39. The minimum absolute atomic E-state index is 0.0453. The molecule has 4 nitrogen and oxygen atoms in total. The summed E-state index contributed by atoms with van der Waals surface area (Å²) in [5, 5.41) is 3.18. The second-order valence-corrected chi connectivity index (χ2v) is 4.44. The lowest BCUT2D eigenvalue weighted by Gasteiger charge is -2.24. The summed E-state index contributed by atoms with van der Waals surface area (Å²) in [6, 6.07) is 5.61. The Bertz CT molecular complexity index is 377. The van der Waals surface area contributed by atoms with E-state index in [-0.39, 0.29) is 5.54 Å². The molecule has 1 aliphatic rings. The summed E-state index contributed by atoms with van der Waals surface area (Å²) in [5.41, 5.74) is -0.0453. The molecule has 88 valence electrons. The second-order valence-electron chi connectivity index (χ2n) is 4.44. The van der Waals surface area contributed by atoms with Crippen LogP contribution in [0.2, 0.25) is 0 Å². The number of hydrogen-bond acceptors (Lipinski definition) is 4. The molecule has 0 saturated carbocycles. The van der Waals surface area contributed by atoms with Crippen LogP contribution in [0.1, 0.15) is 13.8 Å². The molecule has 2 rings (SSSR count). The molecule has 1 N–H and O–H groups in total. The lowest BCUT2D eigenvalue weighted by atomic mass is 10.1. The Hall–Kier alpha value is -1.42. The smallest absolute Gasteiger partial charge is 0.231 e. The lowest BCUT2D eigenvalue weighted by Crippen LogP contribution is -2.42. The van der Waals surface area contributed by atoms with Crippen LogP contribution in [0.5, 0.6) is 17.2 Å². The van der Waals surface area contributed by atoms with E-state index in [9.17, 15) is 0 Å². The number of ether oxygens (including phenoxy) is 3. The molecule has 16 heavy (non-hydrogen) atoms. The van der Waals surface area contributed by atoms with Crippen molar-refractivity contribution >= 4 is 0 Å².